The van der Waals surface area contributed by atoms with Crippen molar-refractivity contribution in [1.82, 2.24) is 0 Å². The van der Waals surface area contributed by atoms with Gasteiger partial charge >= 0.3 is 0 Å². The largest absolute Gasteiger partial charge is 0.386 e. The lowest BCUT2D eigenvalue weighted by Gasteiger charge is -2.27. The van der Waals surface area contributed by atoms with Crippen molar-refractivity contribution in [3.63, 3.8) is 0 Å². The van der Waals surface area contributed by atoms with Gasteiger partial charge in [0.15, 0.2) is 0 Å². The van der Waals surface area contributed by atoms with Gasteiger partial charge in [-0.05, 0) is 32.5 Å². The molecule has 0 radical (unpaired) electrons. The highest BCUT2D eigenvalue weighted by Gasteiger charge is 2.23. The number of hydrogen-bond donors (Lipinski definition) is 1. The maximum absolute atomic E-state index is 9.62. The summed E-state index contributed by atoms with van der Waals surface area (Å²) in [5.41, 5.74) is -0.518. The molecule has 1 nitrogen and oxygen atoms in total. The number of allylic oxidation sites excluding steroid dienone is 2. The first-order valence-electron chi connectivity index (χ1n) is 5.33. The van der Waals surface area contributed by atoms with Gasteiger partial charge < -0.3 is 5.11 Å². The molecule has 2 atom stereocenters. The molecule has 1 N–H and O–H groups in total. The van der Waals surface area contributed by atoms with Crippen LogP contribution in [0.3, 0.4) is 0 Å². The molecule has 62 valence electrons. The Labute approximate surface area is 72.6 Å². The summed E-state index contributed by atoms with van der Waals surface area (Å²) in [5, 5.41) is 9.62. The molecule has 11 heavy (non-hydrogen) atoms. The van der Waals surface area contributed by atoms with Crippen LogP contribution in [0.15, 0.2) is 24.3 Å². The van der Waals surface area contributed by atoms with Gasteiger partial charge in [-0.25, -0.2) is 0 Å². The first kappa shape index (κ1) is 5.15. The van der Waals surface area contributed by atoms with Gasteiger partial charge in [0.1, 0.15) is 0 Å². The van der Waals surface area contributed by atoms with E-state index in [1.165, 1.54) is 0 Å². The second-order valence-electron chi connectivity index (χ2n) is 3.39. The van der Waals surface area contributed by atoms with E-state index in [-0.39, 0.29) is 11.5 Å². The minimum atomic E-state index is -2.09. The van der Waals surface area contributed by atoms with Crippen LogP contribution >= 0.6 is 0 Å². The van der Waals surface area contributed by atoms with Crippen LogP contribution in [-0.2, 0) is 0 Å². The Kier molecular flexibility index (Phi) is 1.32. The smallest absolute Gasteiger partial charge is 0.0800 e. The topological polar surface area (TPSA) is 20.2 Å². The second-order valence-corrected chi connectivity index (χ2v) is 3.39. The van der Waals surface area contributed by atoms with E-state index in [0.717, 1.165) is 0 Å². The molecule has 1 aliphatic carbocycles. The quantitative estimate of drug-likeness (QED) is 0.576. The van der Waals surface area contributed by atoms with Gasteiger partial charge in [0.25, 0.3) is 0 Å². The highest BCUT2D eigenvalue weighted by atomic mass is 16.3. The average molecular weight is 155 g/mol. The predicted octanol–water partition coefficient (Wildman–Crippen LogP) is 2.28. The summed E-state index contributed by atoms with van der Waals surface area (Å²) in [4.78, 5) is 0. The van der Waals surface area contributed by atoms with Crippen molar-refractivity contribution in [2.45, 2.75) is 32.2 Å². The standard InChI is InChI=1S/C10H16O/c1-8(2)9-4-6-10(3,11)7-5-9/h4,6,9,11H,1,5,7H2,2-3H3/t9-,10+/m0/s1/i2D3. The Morgan fingerprint density at radius 3 is 3.09 bits per heavy atom. The molecule has 0 aliphatic heterocycles. The number of rotatable bonds is 1. The van der Waals surface area contributed by atoms with Crippen LogP contribution in [0.25, 0.3) is 0 Å². The zero-order chi connectivity index (χ0) is 11.0. The third-order valence-electron chi connectivity index (χ3n) is 2.10. The fraction of sp³-hybridized carbons (Fsp3) is 0.600. The van der Waals surface area contributed by atoms with Gasteiger partial charge in [-0.15, -0.1) is 0 Å². The van der Waals surface area contributed by atoms with E-state index in [9.17, 15) is 5.11 Å². The van der Waals surface area contributed by atoms with Gasteiger partial charge in [-0.2, -0.15) is 0 Å². The van der Waals surface area contributed by atoms with Crippen molar-refractivity contribution < 1.29 is 9.22 Å². The van der Waals surface area contributed by atoms with Crippen LogP contribution in [0, 0.1) is 5.92 Å². The van der Waals surface area contributed by atoms with Crippen LogP contribution in [0.2, 0.25) is 0 Å². The van der Waals surface area contributed by atoms with Gasteiger partial charge in [-0.3, -0.25) is 0 Å². The predicted molar refractivity (Wildman–Crippen MR) is 47.3 cm³/mol. The number of hydrogen-bond acceptors (Lipinski definition) is 1. The molecule has 0 aromatic heterocycles. The molecule has 0 saturated heterocycles. The summed E-state index contributed by atoms with van der Waals surface area (Å²) in [5.74, 6) is -0.122. The van der Waals surface area contributed by atoms with Gasteiger partial charge in [-0.1, -0.05) is 24.3 Å². The zero-order valence-corrected chi connectivity index (χ0v) is 6.80. The monoisotopic (exact) mass is 155 g/mol. The Bertz CT molecular complexity index is 263. The van der Waals surface area contributed by atoms with Gasteiger partial charge in [0, 0.05) is 4.11 Å². The SMILES string of the molecule is [2H]C([2H])([2H])C(=C)[C@H]1C=C[C@@](C)(O)CC1. The molecule has 0 heterocycles. The van der Waals surface area contributed by atoms with Crippen LogP contribution in [-0.4, -0.2) is 10.7 Å². The van der Waals surface area contributed by atoms with Crippen molar-refractivity contribution in [2.24, 2.45) is 5.92 Å². The molecule has 0 fully saturated rings. The molecular formula is C10H16O. The minimum Gasteiger partial charge on any atom is -0.386 e. The Balaban J connectivity index is 2.71. The lowest BCUT2D eigenvalue weighted by Crippen LogP contribution is -2.25. The third-order valence-corrected chi connectivity index (χ3v) is 2.10. The Morgan fingerprint density at radius 2 is 2.64 bits per heavy atom. The van der Waals surface area contributed by atoms with Crippen LogP contribution < -0.4 is 0 Å². The second kappa shape index (κ2) is 2.82. The molecule has 0 bridgehead atoms. The summed E-state index contributed by atoms with van der Waals surface area (Å²) in [6, 6.07) is 0. The first-order valence-corrected chi connectivity index (χ1v) is 3.83. The molecule has 0 saturated carbocycles. The van der Waals surface area contributed by atoms with E-state index in [1.807, 2.05) is 0 Å². The number of aliphatic hydroxyl groups is 1. The van der Waals surface area contributed by atoms with Crippen molar-refractivity contribution in [3.8, 4) is 0 Å². The summed E-state index contributed by atoms with van der Waals surface area (Å²) in [6.45, 7) is 3.24. The van der Waals surface area contributed by atoms with E-state index < -0.39 is 12.5 Å². The van der Waals surface area contributed by atoms with E-state index in [2.05, 4.69) is 6.58 Å². The fourth-order valence-electron chi connectivity index (χ4n) is 1.24. The van der Waals surface area contributed by atoms with Gasteiger partial charge in [0.05, 0.1) is 5.60 Å². The highest BCUT2D eigenvalue weighted by molar-refractivity contribution is 5.14. The molecule has 0 spiro atoms. The highest BCUT2D eigenvalue weighted by Crippen LogP contribution is 2.28. The minimum absolute atomic E-state index is 0.122. The van der Waals surface area contributed by atoms with Crippen molar-refractivity contribution in [1.29, 1.82) is 0 Å². The first-order chi connectivity index (χ1) is 6.22. The summed E-state index contributed by atoms with van der Waals surface area (Å²) < 4.78 is 21.6. The molecule has 0 unspecified atom stereocenters. The molecule has 0 aromatic rings. The molecule has 1 rings (SSSR count). The molecule has 1 aliphatic rings. The van der Waals surface area contributed by atoms with Crippen LogP contribution in [0.1, 0.15) is 30.7 Å². The van der Waals surface area contributed by atoms with E-state index in [0.29, 0.717) is 12.8 Å². The maximum atomic E-state index is 9.62. The normalized spacial score (nSPS) is 42.4. The van der Waals surface area contributed by atoms with E-state index >= 15 is 0 Å². The van der Waals surface area contributed by atoms with Crippen LogP contribution in [0.4, 0.5) is 0 Å². The molecule has 1 heteroatoms. The average Bonchev–Trinajstić information content (AvgIpc) is 2.01. The summed E-state index contributed by atoms with van der Waals surface area (Å²) >= 11 is 0. The molecular weight excluding hydrogens is 136 g/mol. The lowest BCUT2D eigenvalue weighted by atomic mass is 9.84. The third kappa shape index (κ3) is 2.19. The van der Waals surface area contributed by atoms with Crippen LogP contribution in [0.5, 0.6) is 0 Å². The fourth-order valence-corrected chi connectivity index (χ4v) is 1.24. The van der Waals surface area contributed by atoms with Gasteiger partial charge in [0.2, 0.25) is 0 Å². The Hall–Kier alpha value is -0.560. The lowest BCUT2D eigenvalue weighted by molar-refractivity contribution is 0.0903. The van der Waals surface area contributed by atoms with Crippen molar-refractivity contribution >= 4 is 0 Å². The molecule has 0 amide bonds. The van der Waals surface area contributed by atoms with Crippen molar-refractivity contribution in [3.05, 3.63) is 24.3 Å². The Morgan fingerprint density at radius 1 is 1.91 bits per heavy atom. The maximum Gasteiger partial charge on any atom is 0.0800 e. The van der Waals surface area contributed by atoms with E-state index in [4.69, 9.17) is 4.11 Å². The molecule has 0 aromatic carbocycles. The zero-order valence-electron chi connectivity index (χ0n) is 9.80. The van der Waals surface area contributed by atoms with E-state index in [1.54, 1.807) is 19.1 Å². The van der Waals surface area contributed by atoms with Crippen molar-refractivity contribution in [2.75, 3.05) is 0 Å². The summed E-state index contributed by atoms with van der Waals surface area (Å²) in [7, 11) is 0. The summed E-state index contributed by atoms with van der Waals surface area (Å²) in [6.07, 6.45) is 4.65.